The summed E-state index contributed by atoms with van der Waals surface area (Å²) in [6.07, 6.45) is 0. The highest BCUT2D eigenvalue weighted by atomic mass is 79.9. The molecule has 0 radical (unpaired) electrons. The molecule has 0 aliphatic rings. The van der Waals surface area contributed by atoms with Crippen molar-refractivity contribution >= 4 is 33.0 Å². The summed E-state index contributed by atoms with van der Waals surface area (Å²) in [5.74, 6) is 0. The Morgan fingerprint density at radius 3 is 2.56 bits per heavy atom. The largest absolute Gasteiger partial charge is 0.376 e. The third kappa shape index (κ3) is 2.64. The molecule has 16 heavy (non-hydrogen) atoms. The second-order valence-corrected chi connectivity index (χ2v) is 5.23. The van der Waals surface area contributed by atoms with E-state index in [1.807, 2.05) is 30.3 Å². The Bertz CT molecular complexity index is 441. The van der Waals surface area contributed by atoms with Gasteiger partial charge in [0.2, 0.25) is 0 Å². The maximum absolute atomic E-state index is 5.80. The maximum atomic E-state index is 5.80. The Balaban J connectivity index is 2.16. The smallest absolute Gasteiger partial charge is 0.0739 e. The van der Waals surface area contributed by atoms with E-state index in [0.717, 1.165) is 10.2 Å². The van der Waals surface area contributed by atoms with E-state index < -0.39 is 0 Å². The first-order chi connectivity index (χ1) is 7.81. The van der Waals surface area contributed by atoms with Crippen LogP contribution in [0.1, 0.15) is 10.9 Å². The van der Waals surface area contributed by atoms with Gasteiger partial charge in [0, 0.05) is 21.6 Å². The number of rotatable bonds is 4. The summed E-state index contributed by atoms with van der Waals surface area (Å²) < 4.78 is 1.12. The van der Waals surface area contributed by atoms with Crippen LogP contribution in [0.25, 0.3) is 0 Å². The van der Waals surface area contributed by atoms with Gasteiger partial charge >= 0.3 is 0 Å². The van der Waals surface area contributed by atoms with Crippen LogP contribution in [0.4, 0.5) is 5.69 Å². The van der Waals surface area contributed by atoms with Crippen LogP contribution in [0.2, 0.25) is 0 Å². The van der Waals surface area contributed by atoms with E-state index in [9.17, 15) is 0 Å². The summed E-state index contributed by atoms with van der Waals surface area (Å²) in [7, 11) is 0. The van der Waals surface area contributed by atoms with Gasteiger partial charge < -0.3 is 11.1 Å². The van der Waals surface area contributed by atoms with Crippen molar-refractivity contribution in [3.63, 3.8) is 0 Å². The molecule has 0 spiro atoms. The van der Waals surface area contributed by atoms with Gasteiger partial charge in [0.1, 0.15) is 0 Å². The monoisotopic (exact) mass is 296 g/mol. The van der Waals surface area contributed by atoms with Gasteiger partial charge in [-0.05, 0) is 39.5 Å². The van der Waals surface area contributed by atoms with Crippen molar-refractivity contribution in [1.29, 1.82) is 0 Å². The highest BCUT2D eigenvalue weighted by molar-refractivity contribution is 9.10. The Morgan fingerprint density at radius 1 is 1.25 bits per heavy atom. The molecule has 2 nitrogen and oxygen atoms in total. The van der Waals surface area contributed by atoms with Crippen molar-refractivity contribution in [3.8, 4) is 0 Å². The van der Waals surface area contributed by atoms with Gasteiger partial charge in [-0.25, -0.2) is 0 Å². The molecule has 0 aliphatic carbocycles. The fraction of sp³-hybridized carbons (Fsp3) is 0.167. The molecule has 1 atom stereocenters. The number of benzene rings is 1. The molecule has 84 valence electrons. The van der Waals surface area contributed by atoms with Crippen LogP contribution in [0.3, 0.4) is 0 Å². The number of thiophene rings is 1. The van der Waals surface area contributed by atoms with Gasteiger partial charge in [-0.15, -0.1) is 11.3 Å². The summed E-state index contributed by atoms with van der Waals surface area (Å²) in [5.41, 5.74) is 6.90. The zero-order valence-electron chi connectivity index (χ0n) is 8.69. The standard InChI is InChI=1S/C12H13BrN2S/c13-10-6-7-16-12(10)11(8-14)15-9-4-2-1-3-5-9/h1-7,11,15H,8,14H2. The Labute approximate surface area is 108 Å². The molecule has 2 rings (SSSR count). The third-order valence-electron chi connectivity index (χ3n) is 2.31. The molecule has 1 aromatic heterocycles. The minimum absolute atomic E-state index is 0.164. The Hall–Kier alpha value is -0.840. The highest BCUT2D eigenvalue weighted by Crippen LogP contribution is 2.30. The van der Waals surface area contributed by atoms with E-state index in [-0.39, 0.29) is 6.04 Å². The molecule has 3 N–H and O–H groups in total. The van der Waals surface area contributed by atoms with Crippen molar-refractivity contribution in [1.82, 2.24) is 0 Å². The summed E-state index contributed by atoms with van der Waals surface area (Å²) in [4.78, 5) is 1.24. The minimum Gasteiger partial charge on any atom is -0.376 e. The number of anilines is 1. The third-order valence-corrected chi connectivity index (χ3v) is 4.30. The predicted molar refractivity (Wildman–Crippen MR) is 73.9 cm³/mol. The van der Waals surface area contributed by atoms with Crippen LogP contribution >= 0.6 is 27.3 Å². The second-order valence-electron chi connectivity index (χ2n) is 3.43. The quantitative estimate of drug-likeness (QED) is 0.904. The van der Waals surface area contributed by atoms with Crippen molar-refractivity contribution in [2.75, 3.05) is 11.9 Å². The van der Waals surface area contributed by atoms with Crippen LogP contribution in [0, 0.1) is 0 Å². The van der Waals surface area contributed by atoms with Crippen molar-refractivity contribution in [3.05, 3.63) is 51.1 Å². The molecule has 1 aromatic carbocycles. The first-order valence-corrected chi connectivity index (χ1v) is 6.73. The first kappa shape index (κ1) is 11.6. The normalized spacial score (nSPS) is 12.4. The maximum Gasteiger partial charge on any atom is 0.0739 e. The van der Waals surface area contributed by atoms with Crippen LogP contribution in [-0.4, -0.2) is 6.54 Å². The van der Waals surface area contributed by atoms with Crippen LogP contribution < -0.4 is 11.1 Å². The molecule has 0 saturated heterocycles. The van der Waals surface area contributed by atoms with Crippen molar-refractivity contribution in [2.45, 2.75) is 6.04 Å². The molecule has 0 amide bonds. The zero-order valence-corrected chi connectivity index (χ0v) is 11.1. The lowest BCUT2D eigenvalue weighted by Gasteiger charge is -2.17. The lowest BCUT2D eigenvalue weighted by molar-refractivity contribution is 0.803. The molecule has 2 aromatic rings. The minimum atomic E-state index is 0.164. The van der Waals surface area contributed by atoms with E-state index >= 15 is 0 Å². The summed E-state index contributed by atoms with van der Waals surface area (Å²) in [6.45, 7) is 0.577. The number of hydrogen-bond donors (Lipinski definition) is 2. The lowest BCUT2D eigenvalue weighted by Crippen LogP contribution is -2.19. The first-order valence-electron chi connectivity index (χ1n) is 5.06. The van der Waals surface area contributed by atoms with Gasteiger partial charge in [-0.3, -0.25) is 0 Å². The van der Waals surface area contributed by atoms with Gasteiger partial charge in [-0.2, -0.15) is 0 Å². The number of hydrogen-bond acceptors (Lipinski definition) is 3. The molecule has 1 unspecified atom stereocenters. The molecule has 4 heteroatoms. The van der Waals surface area contributed by atoms with Gasteiger partial charge in [0.15, 0.2) is 0 Å². The van der Waals surface area contributed by atoms with Crippen LogP contribution in [0.5, 0.6) is 0 Å². The fourth-order valence-electron chi connectivity index (χ4n) is 1.52. The average molecular weight is 297 g/mol. The SMILES string of the molecule is NCC(Nc1ccccc1)c1sccc1Br. The number of halogens is 1. The summed E-state index contributed by atoms with van der Waals surface area (Å²) in [5, 5.41) is 5.49. The average Bonchev–Trinajstić information content (AvgIpc) is 2.74. The van der Waals surface area contributed by atoms with Crippen molar-refractivity contribution in [2.24, 2.45) is 5.73 Å². The molecule has 0 aliphatic heterocycles. The molecule has 0 fully saturated rings. The topological polar surface area (TPSA) is 38.0 Å². The van der Waals surface area contributed by atoms with Gasteiger partial charge in [0.05, 0.1) is 6.04 Å². The number of nitrogens with one attached hydrogen (secondary N) is 1. The van der Waals surface area contributed by atoms with E-state index in [4.69, 9.17) is 5.73 Å². The van der Waals surface area contributed by atoms with E-state index in [1.165, 1.54) is 4.88 Å². The highest BCUT2D eigenvalue weighted by Gasteiger charge is 2.13. The summed E-state index contributed by atoms with van der Waals surface area (Å²) in [6, 6.07) is 12.3. The zero-order chi connectivity index (χ0) is 11.4. The molecule has 1 heterocycles. The Kier molecular flexibility index (Phi) is 3.98. The molecular weight excluding hydrogens is 284 g/mol. The van der Waals surface area contributed by atoms with Crippen LogP contribution in [0.15, 0.2) is 46.3 Å². The lowest BCUT2D eigenvalue weighted by atomic mass is 10.2. The van der Waals surface area contributed by atoms with Gasteiger partial charge in [-0.1, -0.05) is 18.2 Å². The molecule has 0 bridgehead atoms. The van der Waals surface area contributed by atoms with E-state index in [0.29, 0.717) is 6.54 Å². The van der Waals surface area contributed by atoms with E-state index in [1.54, 1.807) is 11.3 Å². The fourth-order valence-corrected chi connectivity index (χ4v) is 3.24. The number of nitrogens with two attached hydrogens (primary N) is 1. The summed E-state index contributed by atoms with van der Waals surface area (Å²) >= 11 is 5.25. The second kappa shape index (κ2) is 5.48. The molecule has 0 saturated carbocycles. The Morgan fingerprint density at radius 2 is 2.00 bits per heavy atom. The van der Waals surface area contributed by atoms with E-state index in [2.05, 4.69) is 32.7 Å². The van der Waals surface area contributed by atoms with Gasteiger partial charge in [0.25, 0.3) is 0 Å². The number of para-hydroxylation sites is 1. The molecular formula is C12H13BrN2S. The van der Waals surface area contributed by atoms with Crippen molar-refractivity contribution < 1.29 is 0 Å². The predicted octanol–water partition coefficient (Wildman–Crippen LogP) is 3.62. The van der Waals surface area contributed by atoms with Crippen LogP contribution in [-0.2, 0) is 0 Å².